The molecule has 7 rings (SSSR count). The second kappa shape index (κ2) is 12.2. The number of carbonyl (C=O) groups is 3. The summed E-state index contributed by atoms with van der Waals surface area (Å²) in [7, 11) is 0. The van der Waals surface area contributed by atoms with Crippen LogP contribution in [-0.2, 0) is 27.7 Å². The Morgan fingerprint density at radius 2 is 1.62 bits per heavy atom. The molecule has 1 heterocycles. The minimum Gasteiger partial charge on any atom is -0.437 e. The normalized spacial score (nSPS) is 17.3. The molecule has 6 aromatic rings. The predicted molar refractivity (Wildman–Crippen MR) is 178 cm³/mol. The predicted octanol–water partition coefficient (Wildman–Crippen LogP) is 8.78. The van der Waals surface area contributed by atoms with Crippen LogP contribution >= 0.6 is 0 Å². The lowest BCUT2D eigenvalue weighted by Gasteiger charge is -2.40. The molecule has 2 atom stereocenters. The van der Waals surface area contributed by atoms with E-state index in [9.17, 15) is 22.8 Å². The summed E-state index contributed by atoms with van der Waals surface area (Å²) < 4.78 is 48.1. The fraction of sp³-hybridized carbons (Fsp3) is 0.132. The minimum absolute atomic E-state index is 0.0778. The Morgan fingerprint density at radius 1 is 0.900 bits per heavy atom. The molecule has 0 amide bonds. The number of halogens is 3. The third kappa shape index (κ3) is 5.22. The third-order valence-corrected chi connectivity index (χ3v) is 9.18. The highest BCUT2D eigenvalue weighted by Crippen LogP contribution is 2.48. The number of esters is 1. The van der Waals surface area contributed by atoms with Gasteiger partial charge in [-0.1, -0.05) is 90.0 Å². The van der Waals surface area contributed by atoms with Crippen LogP contribution in [0, 0.1) is 12.8 Å². The zero-order valence-electron chi connectivity index (χ0n) is 26.2. The van der Waals surface area contributed by atoms with Gasteiger partial charge in [-0.25, -0.2) is 14.8 Å². The number of benzene rings is 5. The molecule has 2 unspecified atom stereocenters. The van der Waals surface area contributed by atoms with Gasteiger partial charge >= 0.3 is 12.1 Å². The molecular weight excluding hydrogens is 647 g/mol. The maximum Gasteiger partial charge on any atom is 0.416 e. The van der Waals surface area contributed by atoms with Gasteiger partial charge in [-0.15, -0.1) is 0 Å². The zero-order chi connectivity index (χ0) is 35.2. The van der Waals surface area contributed by atoms with Crippen molar-refractivity contribution in [1.82, 2.24) is 9.97 Å². The molecule has 0 bridgehead atoms. The van der Waals surface area contributed by atoms with E-state index in [1.165, 1.54) is 62.0 Å². The van der Waals surface area contributed by atoms with Gasteiger partial charge in [0.05, 0.1) is 17.0 Å². The van der Waals surface area contributed by atoms with Crippen LogP contribution in [0.5, 0.6) is 0 Å². The van der Waals surface area contributed by atoms with Crippen molar-refractivity contribution in [3.8, 4) is 0 Å². The first kappa shape index (κ1) is 32.2. The van der Waals surface area contributed by atoms with E-state index in [0.29, 0.717) is 10.8 Å². The fourth-order valence-electron chi connectivity index (χ4n) is 6.81. The molecule has 0 radical (unpaired) electrons. The average molecular weight is 672 g/mol. The first-order valence-corrected chi connectivity index (χ1v) is 15.4. The lowest BCUT2D eigenvalue weighted by atomic mass is 9.66. The van der Waals surface area contributed by atoms with E-state index >= 15 is 4.79 Å². The molecule has 0 aliphatic heterocycles. The highest BCUT2D eigenvalue weighted by molar-refractivity contribution is 6.26. The lowest BCUT2D eigenvalue weighted by Crippen LogP contribution is -2.52. The summed E-state index contributed by atoms with van der Waals surface area (Å²) in [5.41, 5.74) is 6.26. The monoisotopic (exact) mass is 671 g/mol. The number of ketones is 2. The molecule has 12 heteroatoms. The third-order valence-electron chi connectivity index (χ3n) is 9.18. The highest BCUT2D eigenvalue weighted by atomic mass is 19.4. The van der Waals surface area contributed by atoms with Crippen LogP contribution in [0.1, 0.15) is 48.5 Å². The number of rotatable bonds is 6. The van der Waals surface area contributed by atoms with Crippen molar-refractivity contribution in [2.45, 2.75) is 25.1 Å². The van der Waals surface area contributed by atoms with E-state index in [0.717, 1.165) is 16.8 Å². The number of hydrogen-bond donors (Lipinski definition) is 0. The summed E-state index contributed by atoms with van der Waals surface area (Å²) in [5.74, 6) is -4.03. The van der Waals surface area contributed by atoms with Crippen LogP contribution in [0.4, 0.5) is 18.9 Å². The van der Waals surface area contributed by atoms with Gasteiger partial charge in [-0.2, -0.15) is 13.2 Å². The fourth-order valence-corrected chi connectivity index (χ4v) is 6.81. The van der Waals surface area contributed by atoms with Crippen molar-refractivity contribution in [2.24, 2.45) is 11.0 Å². The molecule has 0 saturated heterocycles. The Labute approximate surface area is 282 Å². The molecule has 5 aromatic carbocycles. The number of Topliss-reactive ketones (excluding diaryl/α,β-unsaturated/α-hetero) is 2. The smallest absolute Gasteiger partial charge is 0.416 e. The van der Waals surface area contributed by atoms with E-state index in [2.05, 4.69) is 20.0 Å². The van der Waals surface area contributed by atoms with Crippen molar-refractivity contribution in [1.29, 1.82) is 0 Å². The molecule has 1 aliphatic carbocycles. The minimum atomic E-state index is -4.67. The van der Waals surface area contributed by atoms with E-state index in [4.69, 9.17) is 10.3 Å². The van der Waals surface area contributed by atoms with E-state index < -0.39 is 47.2 Å². The molecule has 0 N–H and O–H groups in total. The number of fused-ring (bicyclic) bond motifs is 5. The van der Waals surface area contributed by atoms with Crippen LogP contribution in [0.25, 0.3) is 32.0 Å². The van der Waals surface area contributed by atoms with E-state index in [1.807, 2.05) is 30.3 Å². The summed E-state index contributed by atoms with van der Waals surface area (Å²) in [6.07, 6.45) is -1.44. The first-order chi connectivity index (χ1) is 24.0. The van der Waals surface area contributed by atoms with Crippen LogP contribution in [0.15, 0.2) is 115 Å². The summed E-state index contributed by atoms with van der Waals surface area (Å²) >= 11 is 0. The topological polar surface area (TPSA) is 135 Å². The summed E-state index contributed by atoms with van der Waals surface area (Å²) in [4.78, 5) is 54.3. The second-order valence-corrected chi connectivity index (χ2v) is 11.9. The Hall–Kier alpha value is -6.39. The molecule has 50 heavy (non-hydrogen) atoms. The molecule has 0 fully saturated rings. The quantitative estimate of drug-likeness (QED) is 0.0434. The Morgan fingerprint density at radius 3 is 2.34 bits per heavy atom. The van der Waals surface area contributed by atoms with Gasteiger partial charge in [0, 0.05) is 39.7 Å². The number of alkyl halides is 3. The van der Waals surface area contributed by atoms with Crippen molar-refractivity contribution < 1.29 is 32.3 Å². The van der Waals surface area contributed by atoms with Gasteiger partial charge in [-0.3, -0.25) is 9.59 Å². The van der Waals surface area contributed by atoms with Gasteiger partial charge in [0.1, 0.15) is 6.33 Å². The average Bonchev–Trinajstić information content (AvgIpc) is 3.12. The Balaban J connectivity index is 1.53. The van der Waals surface area contributed by atoms with Gasteiger partial charge in [0.25, 0.3) is 0 Å². The second-order valence-electron chi connectivity index (χ2n) is 11.9. The summed E-state index contributed by atoms with van der Waals surface area (Å²) in [6, 6.07) is 23.8. The number of azide groups is 1. The van der Waals surface area contributed by atoms with E-state index in [-0.39, 0.29) is 39.1 Å². The number of aromatic nitrogens is 2. The molecule has 1 aromatic heterocycles. The van der Waals surface area contributed by atoms with Gasteiger partial charge in [0.15, 0.2) is 11.6 Å². The molecule has 0 saturated carbocycles. The number of nitrogens with zero attached hydrogens (tertiary/aromatic N) is 5. The standard InChI is InChI=1S/C38H24F3N5O4/c1-21-23(6-4-8-31(21)38(39,40)41)17-30-34(47)33-29-14-9-22-5-2-3-7-27(22)28(29)15-16-32(33)37(35(30)48,25-10-12-26(13-11-25)45-46-42)50-36(49)24-18-43-20-44-19-24/h2-16,18-20,30H,17H2,1H3. The van der Waals surface area contributed by atoms with Crippen molar-refractivity contribution >= 4 is 44.8 Å². The number of hydrogen-bond acceptors (Lipinski definition) is 7. The largest absolute Gasteiger partial charge is 0.437 e. The maximum absolute atomic E-state index is 15.1. The number of ether oxygens (including phenoxy) is 1. The van der Waals surface area contributed by atoms with Crippen LogP contribution < -0.4 is 0 Å². The van der Waals surface area contributed by atoms with Crippen LogP contribution in [-0.4, -0.2) is 27.5 Å². The first-order valence-electron chi connectivity index (χ1n) is 15.4. The highest BCUT2D eigenvalue weighted by Gasteiger charge is 2.56. The number of carbonyl (C=O) groups excluding carboxylic acids is 3. The van der Waals surface area contributed by atoms with Crippen molar-refractivity contribution in [3.05, 3.63) is 159 Å². The summed E-state index contributed by atoms with van der Waals surface area (Å²) in [5, 5.41) is 6.48. The summed E-state index contributed by atoms with van der Waals surface area (Å²) in [6.45, 7) is 1.29. The van der Waals surface area contributed by atoms with Gasteiger partial charge in [0.2, 0.25) is 5.60 Å². The van der Waals surface area contributed by atoms with Crippen molar-refractivity contribution in [2.75, 3.05) is 0 Å². The molecule has 1 aliphatic rings. The van der Waals surface area contributed by atoms with E-state index in [1.54, 1.807) is 18.2 Å². The molecule has 0 spiro atoms. The van der Waals surface area contributed by atoms with Crippen LogP contribution in [0.3, 0.4) is 0 Å². The zero-order valence-corrected chi connectivity index (χ0v) is 26.2. The molecule has 9 nitrogen and oxygen atoms in total. The van der Waals surface area contributed by atoms with Crippen LogP contribution in [0.2, 0.25) is 0 Å². The molecular formula is C38H24F3N5O4. The maximum atomic E-state index is 15.1. The lowest BCUT2D eigenvalue weighted by molar-refractivity contribution is -0.139. The van der Waals surface area contributed by atoms with Gasteiger partial charge < -0.3 is 4.74 Å². The molecule has 246 valence electrons. The Kier molecular flexibility index (Phi) is 7.88. The van der Waals surface area contributed by atoms with Gasteiger partial charge in [-0.05, 0) is 57.6 Å². The Bertz CT molecular complexity index is 2410. The van der Waals surface area contributed by atoms with Crippen molar-refractivity contribution in [3.63, 3.8) is 0 Å². The SMILES string of the molecule is Cc1c(CC2C(=O)c3c(ccc4c3ccc3ccccc34)C(OC(=O)c3cncnc3)(c3ccc(N=[N+]=[N-])cc3)C2=O)cccc1C(F)(F)F.